The highest BCUT2D eigenvalue weighted by molar-refractivity contribution is 7.10. The van der Waals surface area contributed by atoms with E-state index in [1.54, 1.807) is 0 Å². The van der Waals surface area contributed by atoms with Crippen molar-refractivity contribution in [3.8, 4) is 0 Å². The van der Waals surface area contributed by atoms with Crippen LogP contribution in [0, 0.1) is 0 Å². The Labute approximate surface area is 125 Å². The van der Waals surface area contributed by atoms with Crippen molar-refractivity contribution in [2.24, 2.45) is 0 Å². The zero-order valence-corrected chi connectivity index (χ0v) is 12.4. The van der Waals surface area contributed by atoms with Gasteiger partial charge in [0.1, 0.15) is 13.2 Å². The lowest BCUT2D eigenvalue weighted by molar-refractivity contribution is -0.151. The highest BCUT2D eigenvalue weighted by Crippen LogP contribution is 2.10. The molecular formula is C14H14O4S2. The first-order valence-electron chi connectivity index (χ1n) is 6.10. The molecule has 2 aromatic rings. The standard InChI is InChI=1S/C14H14O4S2/c15-13(9-11-3-1-7-19-11)17-5-6-18-14(16)10-12-4-2-8-20-12/h1-4,7-8H,5-6,9-10H2. The van der Waals surface area contributed by atoms with E-state index in [1.165, 1.54) is 22.7 Å². The number of carbonyl (C=O) groups excluding carboxylic acids is 2. The van der Waals surface area contributed by atoms with Crippen molar-refractivity contribution in [1.82, 2.24) is 0 Å². The van der Waals surface area contributed by atoms with Crippen LogP contribution in [0.4, 0.5) is 0 Å². The fourth-order valence-corrected chi connectivity index (χ4v) is 2.90. The quantitative estimate of drug-likeness (QED) is 0.583. The lowest BCUT2D eigenvalue weighted by Gasteiger charge is -2.05. The molecule has 0 aromatic carbocycles. The molecule has 6 heteroatoms. The summed E-state index contributed by atoms with van der Waals surface area (Å²) in [5.74, 6) is -0.608. The Balaban J connectivity index is 1.57. The van der Waals surface area contributed by atoms with Crippen LogP contribution in [0.3, 0.4) is 0 Å². The number of thiophene rings is 2. The molecule has 106 valence electrons. The van der Waals surface area contributed by atoms with E-state index in [1.807, 2.05) is 35.0 Å². The maximum Gasteiger partial charge on any atom is 0.311 e. The lowest BCUT2D eigenvalue weighted by Crippen LogP contribution is -2.15. The summed E-state index contributed by atoms with van der Waals surface area (Å²) in [7, 11) is 0. The van der Waals surface area contributed by atoms with Crippen LogP contribution < -0.4 is 0 Å². The fourth-order valence-electron chi connectivity index (χ4n) is 1.52. The van der Waals surface area contributed by atoms with Crippen molar-refractivity contribution >= 4 is 34.6 Å². The second-order valence-corrected chi connectivity index (χ2v) is 6.02. The molecule has 0 bridgehead atoms. The summed E-state index contributed by atoms with van der Waals surface area (Å²) < 4.78 is 9.99. The van der Waals surface area contributed by atoms with E-state index >= 15 is 0 Å². The summed E-state index contributed by atoms with van der Waals surface area (Å²) in [5.41, 5.74) is 0. The van der Waals surface area contributed by atoms with Crippen molar-refractivity contribution in [3.63, 3.8) is 0 Å². The molecule has 0 saturated heterocycles. The second-order valence-electron chi connectivity index (χ2n) is 3.95. The molecule has 0 N–H and O–H groups in total. The number of hydrogen-bond donors (Lipinski definition) is 0. The molecule has 0 spiro atoms. The number of esters is 2. The smallest absolute Gasteiger partial charge is 0.311 e. The number of rotatable bonds is 7. The summed E-state index contributed by atoms with van der Waals surface area (Å²) >= 11 is 3.02. The summed E-state index contributed by atoms with van der Waals surface area (Å²) in [5, 5.41) is 3.82. The predicted molar refractivity (Wildman–Crippen MR) is 78.0 cm³/mol. The molecule has 0 atom stereocenters. The Morgan fingerprint density at radius 2 is 1.30 bits per heavy atom. The lowest BCUT2D eigenvalue weighted by atomic mass is 10.3. The summed E-state index contributed by atoms with van der Waals surface area (Å²) in [6.07, 6.45) is 0.529. The van der Waals surface area contributed by atoms with Crippen LogP contribution in [0.2, 0.25) is 0 Å². The molecule has 2 aromatic heterocycles. The summed E-state index contributed by atoms with van der Waals surface area (Å²) in [6.45, 7) is 0.195. The van der Waals surface area contributed by atoms with Gasteiger partial charge in [0, 0.05) is 9.75 Å². The number of ether oxygens (including phenoxy) is 2. The van der Waals surface area contributed by atoms with Crippen molar-refractivity contribution in [2.75, 3.05) is 13.2 Å². The normalized spacial score (nSPS) is 10.2. The van der Waals surface area contributed by atoms with E-state index in [2.05, 4.69) is 0 Å². The minimum atomic E-state index is -0.304. The zero-order valence-electron chi connectivity index (χ0n) is 10.7. The highest BCUT2D eigenvalue weighted by Gasteiger charge is 2.08. The molecular weight excluding hydrogens is 296 g/mol. The van der Waals surface area contributed by atoms with E-state index < -0.39 is 0 Å². The van der Waals surface area contributed by atoms with Crippen LogP contribution in [-0.2, 0) is 31.9 Å². The molecule has 0 unspecified atom stereocenters. The van der Waals surface area contributed by atoms with E-state index in [0.717, 1.165) is 9.75 Å². The van der Waals surface area contributed by atoms with E-state index in [9.17, 15) is 9.59 Å². The first-order chi connectivity index (χ1) is 9.74. The van der Waals surface area contributed by atoms with Crippen LogP contribution in [0.5, 0.6) is 0 Å². The molecule has 20 heavy (non-hydrogen) atoms. The maximum atomic E-state index is 11.5. The minimum Gasteiger partial charge on any atom is -0.462 e. The largest absolute Gasteiger partial charge is 0.462 e. The van der Waals surface area contributed by atoms with Gasteiger partial charge in [0.2, 0.25) is 0 Å². The van der Waals surface area contributed by atoms with Gasteiger partial charge in [-0.1, -0.05) is 12.1 Å². The first kappa shape index (κ1) is 14.7. The van der Waals surface area contributed by atoms with Gasteiger partial charge in [0.05, 0.1) is 12.8 Å². The van der Waals surface area contributed by atoms with Gasteiger partial charge in [0.15, 0.2) is 0 Å². The fraction of sp³-hybridized carbons (Fsp3) is 0.286. The van der Waals surface area contributed by atoms with Crippen molar-refractivity contribution < 1.29 is 19.1 Å². The van der Waals surface area contributed by atoms with Gasteiger partial charge in [-0.2, -0.15) is 0 Å². The molecule has 0 fully saturated rings. The topological polar surface area (TPSA) is 52.6 Å². The van der Waals surface area contributed by atoms with Crippen LogP contribution in [-0.4, -0.2) is 25.2 Å². The molecule has 0 amide bonds. The van der Waals surface area contributed by atoms with Gasteiger partial charge < -0.3 is 9.47 Å². The predicted octanol–water partition coefficient (Wildman–Crippen LogP) is 2.68. The molecule has 0 saturated carbocycles. The highest BCUT2D eigenvalue weighted by atomic mass is 32.1. The van der Waals surface area contributed by atoms with Gasteiger partial charge in [0.25, 0.3) is 0 Å². The Kier molecular flexibility index (Phi) is 5.76. The van der Waals surface area contributed by atoms with Crippen molar-refractivity contribution in [2.45, 2.75) is 12.8 Å². The van der Waals surface area contributed by atoms with Crippen molar-refractivity contribution in [1.29, 1.82) is 0 Å². The zero-order chi connectivity index (χ0) is 14.2. The SMILES string of the molecule is O=C(Cc1cccs1)OCCOC(=O)Cc1cccs1. The number of carbonyl (C=O) groups is 2. The molecule has 4 nitrogen and oxygen atoms in total. The maximum absolute atomic E-state index is 11.5. The molecule has 2 heterocycles. The van der Waals surface area contributed by atoms with Gasteiger partial charge in [-0.15, -0.1) is 22.7 Å². The molecule has 0 aliphatic rings. The van der Waals surface area contributed by atoms with Crippen LogP contribution >= 0.6 is 22.7 Å². The minimum absolute atomic E-state index is 0.0976. The Bertz CT molecular complexity index is 481. The van der Waals surface area contributed by atoms with Gasteiger partial charge in [-0.3, -0.25) is 9.59 Å². The molecule has 0 aliphatic carbocycles. The molecule has 0 radical (unpaired) electrons. The summed E-state index contributed by atoms with van der Waals surface area (Å²) in [4.78, 5) is 24.8. The Morgan fingerprint density at radius 1 is 0.850 bits per heavy atom. The van der Waals surface area contributed by atoms with Gasteiger partial charge in [-0.25, -0.2) is 0 Å². The Morgan fingerprint density at radius 3 is 1.65 bits per heavy atom. The third kappa shape index (κ3) is 5.14. The first-order valence-corrected chi connectivity index (χ1v) is 7.86. The van der Waals surface area contributed by atoms with Crippen LogP contribution in [0.1, 0.15) is 9.75 Å². The van der Waals surface area contributed by atoms with E-state index in [4.69, 9.17) is 9.47 Å². The monoisotopic (exact) mass is 310 g/mol. The van der Waals surface area contributed by atoms with E-state index in [0.29, 0.717) is 0 Å². The van der Waals surface area contributed by atoms with Gasteiger partial charge >= 0.3 is 11.9 Å². The Hall–Kier alpha value is -1.66. The average Bonchev–Trinajstić information content (AvgIpc) is 3.08. The third-order valence-corrected chi connectivity index (χ3v) is 4.16. The third-order valence-electron chi connectivity index (χ3n) is 2.41. The molecule has 0 aliphatic heterocycles. The van der Waals surface area contributed by atoms with E-state index in [-0.39, 0.29) is 38.0 Å². The molecule has 2 rings (SSSR count). The van der Waals surface area contributed by atoms with Gasteiger partial charge in [-0.05, 0) is 22.9 Å². The summed E-state index contributed by atoms with van der Waals surface area (Å²) in [6, 6.07) is 7.54. The second kappa shape index (κ2) is 7.81. The number of hydrogen-bond acceptors (Lipinski definition) is 6. The average molecular weight is 310 g/mol. The van der Waals surface area contributed by atoms with Crippen LogP contribution in [0.25, 0.3) is 0 Å². The van der Waals surface area contributed by atoms with Crippen molar-refractivity contribution in [3.05, 3.63) is 44.8 Å². The van der Waals surface area contributed by atoms with Crippen LogP contribution in [0.15, 0.2) is 35.0 Å².